The lowest BCUT2D eigenvalue weighted by Crippen LogP contribution is -2.41. The molecule has 1 aliphatic heterocycles. The molecular formula is C29H30Cl2N2O4. The van der Waals surface area contributed by atoms with Crippen LogP contribution in [-0.4, -0.2) is 52.8 Å². The number of piperidine rings is 1. The summed E-state index contributed by atoms with van der Waals surface area (Å²) in [5, 5.41) is 22.4. The second-order valence-corrected chi connectivity index (χ2v) is 10.3. The minimum Gasteiger partial charge on any atom is -0.497 e. The summed E-state index contributed by atoms with van der Waals surface area (Å²) in [4.78, 5) is 18.2. The fraction of sp³-hybridized carbons (Fsp3) is 0.379. The zero-order valence-corrected chi connectivity index (χ0v) is 22.2. The number of halogens is 2. The molecule has 3 aromatic rings. The van der Waals surface area contributed by atoms with Gasteiger partial charge in [0.1, 0.15) is 5.75 Å². The molecule has 0 bridgehead atoms. The van der Waals surface area contributed by atoms with Crippen molar-refractivity contribution in [2.24, 2.45) is 11.8 Å². The minimum atomic E-state index is -0.800. The standard InChI is InChI=1S/C29H30Cl2N2O4/c1-37-22-6-8-27-24(17-22)23(10-12-32-27)28(34)9-5-20-11-14-33(18-21(20)16-29(35)36)13-2-3-19-4-7-25(30)26(31)15-19/h4,6-8,10,12,15,17,20-21,28,34H,5,9,11,13-14,16,18H2,1H3,(H,35,36)/t20-,21+,28+/m1/s1. The molecule has 2 aromatic carbocycles. The van der Waals surface area contributed by atoms with Gasteiger partial charge in [-0.2, -0.15) is 0 Å². The zero-order valence-electron chi connectivity index (χ0n) is 20.7. The molecule has 37 heavy (non-hydrogen) atoms. The molecule has 0 unspecified atom stereocenters. The molecule has 0 amide bonds. The van der Waals surface area contributed by atoms with Crippen LogP contribution in [0.15, 0.2) is 48.7 Å². The Labute approximate surface area is 227 Å². The van der Waals surface area contributed by atoms with Gasteiger partial charge in [-0.05, 0) is 85.7 Å². The zero-order chi connectivity index (χ0) is 26.4. The molecule has 0 radical (unpaired) electrons. The van der Waals surface area contributed by atoms with Crippen LogP contribution in [0, 0.1) is 23.7 Å². The molecule has 1 aromatic heterocycles. The highest BCUT2D eigenvalue weighted by Gasteiger charge is 2.31. The van der Waals surface area contributed by atoms with E-state index in [-0.39, 0.29) is 18.3 Å². The van der Waals surface area contributed by atoms with Gasteiger partial charge in [-0.3, -0.25) is 14.7 Å². The number of hydrogen-bond acceptors (Lipinski definition) is 5. The number of aliphatic carboxylic acids is 1. The number of likely N-dealkylation sites (tertiary alicyclic amines) is 1. The van der Waals surface area contributed by atoms with Gasteiger partial charge < -0.3 is 14.9 Å². The van der Waals surface area contributed by atoms with Crippen molar-refractivity contribution in [3.63, 3.8) is 0 Å². The summed E-state index contributed by atoms with van der Waals surface area (Å²) in [6, 6.07) is 12.8. The number of methoxy groups -OCH3 is 1. The first-order chi connectivity index (χ1) is 17.8. The molecule has 1 saturated heterocycles. The Balaban J connectivity index is 1.39. The highest BCUT2D eigenvalue weighted by Crippen LogP contribution is 2.34. The quantitative estimate of drug-likeness (QED) is 0.350. The number of carbonyl (C=O) groups is 1. The molecule has 194 valence electrons. The van der Waals surface area contributed by atoms with Crippen molar-refractivity contribution in [1.29, 1.82) is 0 Å². The Morgan fingerprint density at radius 2 is 2.03 bits per heavy atom. The number of rotatable bonds is 8. The largest absolute Gasteiger partial charge is 0.497 e. The third-order valence-electron chi connectivity index (χ3n) is 7.02. The SMILES string of the molecule is COc1ccc2nccc([C@@H](O)CC[C@@H]3CCN(CC#Cc4ccc(Cl)c(Cl)c4)C[C@@H]3CC(=O)O)c2c1. The Hall–Kier alpha value is -2.82. The van der Waals surface area contributed by atoms with Crippen LogP contribution in [0.1, 0.15) is 42.9 Å². The Bertz CT molecular complexity index is 1320. The van der Waals surface area contributed by atoms with Gasteiger partial charge in [-0.25, -0.2) is 0 Å². The summed E-state index contributed by atoms with van der Waals surface area (Å²) < 4.78 is 5.35. The van der Waals surface area contributed by atoms with Crippen molar-refractivity contribution >= 4 is 40.1 Å². The number of fused-ring (bicyclic) bond motifs is 1. The van der Waals surface area contributed by atoms with Crippen LogP contribution < -0.4 is 4.74 Å². The van der Waals surface area contributed by atoms with E-state index in [1.165, 1.54) is 0 Å². The van der Waals surface area contributed by atoms with Gasteiger partial charge in [0.05, 0.1) is 35.3 Å². The normalized spacial score (nSPS) is 18.7. The van der Waals surface area contributed by atoms with Crippen molar-refractivity contribution in [1.82, 2.24) is 9.88 Å². The van der Waals surface area contributed by atoms with Crippen molar-refractivity contribution in [3.05, 3.63) is 69.8 Å². The molecule has 1 fully saturated rings. The molecule has 2 N–H and O–H groups in total. The van der Waals surface area contributed by atoms with Crippen LogP contribution in [0.2, 0.25) is 10.0 Å². The predicted octanol–water partition coefficient (Wildman–Crippen LogP) is 5.83. The average Bonchev–Trinajstić information content (AvgIpc) is 2.89. The third-order valence-corrected chi connectivity index (χ3v) is 7.76. The first-order valence-corrected chi connectivity index (χ1v) is 13.1. The summed E-state index contributed by atoms with van der Waals surface area (Å²) in [5.74, 6) is 6.41. The molecule has 0 spiro atoms. The summed E-state index contributed by atoms with van der Waals surface area (Å²) in [6.45, 7) is 2.05. The molecular weight excluding hydrogens is 511 g/mol. The van der Waals surface area contributed by atoms with Crippen LogP contribution in [0.25, 0.3) is 10.9 Å². The molecule has 0 aliphatic carbocycles. The number of carboxylic acid groups (broad SMARTS) is 1. The van der Waals surface area contributed by atoms with Gasteiger partial charge in [0.15, 0.2) is 0 Å². The van der Waals surface area contributed by atoms with E-state index in [4.69, 9.17) is 27.9 Å². The fourth-order valence-electron chi connectivity index (χ4n) is 5.05. The smallest absolute Gasteiger partial charge is 0.303 e. The maximum Gasteiger partial charge on any atom is 0.303 e. The summed E-state index contributed by atoms with van der Waals surface area (Å²) in [7, 11) is 1.61. The van der Waals surface area contributed by atoms with Gasteiger partial charge in [0.2, 0.25) is 0 Å². The van der Waals surface area contributed by atoms with E-state index < -0.39 is 12.1 Å². The molecule has 8 heteroatoms. The van der Waals surface area contributed by atoms with Crippen LogP contribution in [-0.2, 0) is 4.79 Å². The number of hydrogen-bond donors (Lipinski definition) is 2. The Morgan fingerprint density at radius 1 is 1.19 bits per heavy atom. The summed E-state index contributed by atoms with van der Waals surface area (Å²) in [5.41, 5.74) is 2.41. The van der Waals surface area contributed by atoms with Crippen LogP contribution in [0.4, 0.5) is 0 Å². The van der Waals surface area contributed by atoms with Gasteiger partial charge >= 0.3 is 5.97 Å². The Kier molecular flexibility index (Phi) is 9.28. The van der Waals surface area contributed by atoms with E-state index in [1.807, 2.05) is 30.3 Å². The van der Waals surface area contributed by atoms with Crippen molar-refractivity contribution < 1.29 is 19.7 Å². The maximum atomic E-state index is 11.6. The number of aliphatic hydroxyl groups is 1. The molecule has 6 nitrogen and oxygen atoms in total. The van der Waals surface area contributed by atoms with Gasteiger partial charge in [-0.15, -0.1) is 0 Å². The lowest BCUT2D eigenvalue weighted by molar-refractivity contribution is -0.139. The van der Waals surface area contributed by atoms with E-state index in [2.05, 4.69) is 21.7 Å². The molecule has 3 atom stereocenters. The van der Waals surface area contributed by atoms with E-state index in [0.29, 0.717) is 35.3 Å². The first kappa shape index (κ1) is 27.2. The number of pyridine rings is 1. The van der Waals surface area contributed by atoms with Crippen LogP contribution >= 0.6 is 23.2 Å². The third kappa shape index (κ3) is 7.15. The number of benzene rings is 2. The van der Waals surface area contributed by atoms with E-state index in [9.17, 15) is 15.0 Å². The van der Waals surface area contributed by atoms with Gasteiger partial charge in [0.25, 0.3) is 0 Å². The number of aliphatic hydroxyl groups excluding tert-OH is 1. The first-order valence-electron chi connectivity index (χ1n) is 12.3. The average molecular weight is 541 g/mol. The highest BCUT2D eigenvalue weighted by molar-refractivity contribution is 6.42. The molecule has 1 aliphatic rings. The topological polar surface area (TPSA) is 82.9 Å². The second kappa shape index (κ2) is 12.6. The van der Waals surface area contributed by atoms with E-state index in [1.54, 1.807) is 25.4 Å². The predicted molar refractivity (Wildman–Crippen MR) is 146 cm³/mol. The van der Waals surface area contributed by atoms with E-state index in [0.717, 1.165) is 41.4 Å². The Morgan fingerprint density at radius 3 is 2.78 bits per heavy atom. The van der Waals surface area contributed by atoms with E-state index >= 15 is 0 Å². The highest BCUT2D eigenvalue weighted by atomic mass is 35.5. The monoisotopic (exact) mass is 540 g/mol. The van der Waals surface area contributed by atoms with Crippen LogP contribution in [0.3, 0.4) is 0 Å². The lowest BCUT2D eigenvalue weighted by Gasteiger charge is -2.37. The minimum absolute atomic E-state index is 0.000459. The van der Waals surface area contributed by atoms with Gasteiger partial charge in [-0.1, -0.05) is 35.0 Å². The number of nitrogens with zero attached hydrogens (tertiary/aromatic N) is 2. The number of aromatic nitrogens is 1. The number of ether oxygens (including phenoxy) is 1. The van der Waals surface area contributed by atoms with Crippen LogP contribution in [0.5, 0.6) is 5.75 Å². The molecule has 0 saturated carbocycles. The fourth-order valence-corrected chi connectivity index (χ4v) is 5.35. The lowest BCUT2D eigenvalue weighted by atomic mass is 9.79. The van der Waals surface area contributed by atoms with Gasteiger partial charge in [0, 0.05) is 30.1 Å². The van der Waals surface area contributed by atoms with Crippen molar-refractivity contribution in [2.75, 3.05) is 26.7 Å². The molecule has 2 heterocycles. The summed E-state index contributed by atoms with van der Waals surface area (Å²) >= 11 is 12.0. The maximum absolute atomic E-state index is 11.6. The molecule has 4 rings (SSSR count). The van der Waals surface area contributed by atoms with Crippen molar-refractivity contribution in [2.45, 2.75) is 31.8 Å². The summed E-state index contributed by atoms with van der Waals surface area (Å²) in [6.07, 6.45) is 3.30. The second-order valence-electron chi connectivity index (χ2n) is 9.45. The van der Waals surface area contributed by atoms with Crippen molar-refractivity contribution in [3.8, 4) is 17.6 Å². The number of carboxylic acids is 1.